The number of carbonyl (C=O) groups is 2. The Kier molecular flexibility index (Phi) is 7.64. The summed E-state index contributed by atoms with van der Waals surface area (Å²) in [6, 6.07) is 16.5. The van der Waals surface area contributed by atoms with E-state index in [0.717, 1.165) is 10.5 Å². The van der Waals surface area contributed by atoms with Crippen molar-refractivity contribution in [3.8, 4) is 5.75 Å². The van der Waals surface area contributed by atoms with Crippen LogP contribution < -0.4 is 4.74 Å². The van der Waals surface area contributed by atoms with E-state index in [2.05, 4.69) is 0 Å². The Morgan fingerprint density at radius 2 is 1.77 bits per heavy atom. The van der Waals surface area contributed by atoms with Crippen LogP contribution in [-0.4, -0.2) is 58.8 Å². The molecule has 160 valence electrons. The number of ether oxygens (including phenoxy) is 3. The van der Waals surface area contributed by atoms with Gasteiger partial charge in [0.1, 0.15) is 18.5 Å². The summed E-state index contributed by atoms with van der Waals surface area (Å²) in [6.45, 7) is -0.488. The van der Waals surface area contributed by atoms with E-state index in [9.17, 15) is 19.8 Å². The zero-order chi connectivity index (χ0) is 21.3. The number of para-hydroxylation sites is 1. The molecule has 1 fully saturated rings. The number of carboxylic acid groups (broad SMARTS) is 1. The highest BCUT2D eigenvalue weighted by Crippen LogP contribution is 2.26. The third kappa shape index (κ3) is 5.49. The van der Waals surface area contributed by atoms with E-state index in [0.29, 0.717) is 25.2 Å². The van der Waals surface area contributed by atoms with E-state index in [-0.39, 0.29) is 6.61 Å². The van der Waals surface area contributed by atoms with Crippen LogP contribution in [0.5, 0.6) is 5.75 Å². The Bertz CT molecular complexity index is 815. The molecular formula is C22H25NO7. The molecule has 2 aromatic rings. The second-order valence-electron chi connectivity index (χ2n) is 6.86. The van der Waals surface area contributed by atoms with Crippen molar-refractivity contribution in [3.05, 3.63) is 66.2 Å². The minimum absolute atomic E-state index is 0.0368. The summed E-state index contributed by atoms with van der Waals surface area (Å²) in [7, 11) is 0. The van der Waals surface area contributed by atoms with Crippen molar-refractivity contribution in [2.45, 2.75) is 37.8 Å². The quantitative estimate of drug-likeness (QED) is 0.683. The maximum Gasteiger partial charge on any atom is 0.413 e. The molecule has 3 rings (SSSR count). The Morgan fingerprint density at radius 3 is 2.40 bits per heavy atom. The lowest BCUT2D eigenvalue weighted by atomic mass is 10.1. The lowest BCUT2D eigenvalue weighted by Gasteiger charge is -2.40. The van der Waals surface area contributed by atoms with E-state index in [1.54, 1.807) is 24.3 Å². The van der Waals surface area contributed by atoms with Gasteiger partial charge < -0.3 is 24.4 Å². The Hall–Kier alpha value is -3.10. The normalized spacial score (nSPS) is 19.5. The molecule has 1 saturated heterocycles. The molecule has 0 radical (unpaired) electrons. The maximum atomic E-state index is 12.9. The van der Waals surface area contributed by atoms with Crippen LogP contribution in [-0.2, 0) is 20.9 Å². The number of carbonyl (C=O) groups excluding carboxylic acids is 1. The lowest BCUT2D eigenvalue weighted by molar-refractivity contribution is -0.168. The van der Waals surface area contributed by atoms with E-state index >= 15 is 0 Å². The third-order valence-corrected chi connectivity index (χ3v) is 4.75. The van der Waals surface area contributed by atoms with Gasteiger partial charge in [-0.25, -0.2) is 9.59 Å². The van der Waals surface area contributed by atoms with Crippen LogP contribution >= 0.6 is 0 Å². The van der Waals surface area contributed by atoms with Crippen molar-refractivity contribution in [2.24, 2.45) is 0 Å². The van der Waals surface area contributed by atoms with Crippen LogP contribution in [0.25, 0.3) is 0 Å². The molecule has 8 heteroatoms. The van der Waals surface area contributed by atoms with Crippen molar-refractivity contribution >= 4 is 12.1 Å². The number of amides is 1. The first kappa shape index (κ1) is 21.6. The molecule has 1 amide bonds. The SMILES string of the molecule is O=C(O)C(CO)N(C(=O)OCc1ccccc1)C1OCCCC1Oc1ccccc1. The van der Waals surface area contributed by atoms with Crippen LogP contribution in [0.2, 0.25) is 0 Å². The van der Waals surface area contributed by atoms with Crippen LogP contribution in [0, 0.1) is 0 Å². The first-order valence-electron chi connectivity index (χ1n) is 9.76. The predicted molar refractivity (Wildman–Crippen MR) is 107 cm³/mol. The van der Waals surface area contributed by atoms with Crippen LogP contribution in [0.15, 0.2) is 60.7 Å². The molecule has 2 aromatic carbocycles. The van der Waals surface area contributed by atoms with Gasteiger partial charge in [0, 0.05) is 6.61 Å². The number of benzene rings is 2. The van der Waals surface area contributed by atoms with Gasteiger partial charge >= 0.3 is 12.1 Å². The molecule has 30 heavy (non-hydrogen) atoms. The van der Waals surface area contributed by atoms with Gasteiger partial charge in [0.15, 0.2) is 12.3 Å². The molecular weight excluding hydrogens is 390 g/mol. The zero-order valence-electron chi connectivity index (χ0n) is 16.4. The standard InChI is InChI=1S/C22H25NO7/c24-14-18(21(25)26)23(22(27)29-15-16-8-3-1-4-9-16)20-19(12-7-13-28-20)30-17-10-5-2-6-11-17/h1-6,8-11,18-20,24H,7,12-15H2,(H,25,26). The fraction of sp³-hybridized carbons (Fsp3) is 0.364. The molecule has 0 spiro atoms. The number of rotatable bonds is 8. The van der Waals surface area contributed by atoms with Crippen molar-refractivity contribution < 1.29 is 34.0 Å². The highest BCUT2D eigenvalue weighted by atomic mass is 16.6. The fourth-order valence-electron chi connectivity index (χ4n) is 3.28. The van der Waals surface area contributed by atoms with Crippen molar-refractivity contribution in [1.29, 1.82) is 0 Å². The average Bonchev–Trinajstić information content (AvgIpc) is 2.77. The van der Waals surface area contributed by atoms with Crippen LogP contribution in [0.4, 0.5) is 4.79 Å². The molecule has 1 aliphatic heterocycles. The van der Waals surface area contributed by atoms with Gasteiger partial charge in [0.05, 0.1) is 6.61 Å². The van der Waals surface area contributed by atoms with E-state index in [4.69, 9.17) is 14.2 Å². The molecule has 1 heterocycles. The summed E-state index contributed by atoms with van der Waals surface area (Å²) in [5, 5.41) is 19.3. The van der Waals surface area contributed by atoms with Gasteiger partial charge in [0.25, 0.3) is 0 Å². The van der Waals surface area contributed by atoms with Gasteiger partial charge in [-0.05, 0) is 30.5 Å². The Labute approximate surface area is 174 Å². The summed E-state index contributed by atoms with van der Waals surface area (Å²) >= 11 is 0. The molecule has 8 nitrogen and oxygen atoms in total. The van der Waals surface area contributed by atoms with Gasteiger partial charge in [-0.2, -0.15) is 0 Å². The molecule has 3 unspecified atom stereocenters. The van der Waals surface area contributed by atoms with Gasteiger partial charge in [0.2, 0.25) is 0 Å². The highest BCUT2D eigenvalue weighted by molar-refractivity contribution is 5.80. The minimum Gasteiger partial charge on any atom is -0.486 e. The summed E-state index contributed by atoms with van der Waals surface area (Å²) in [5.41, 5.74) is 0.753. The monoisotopic (exact) mass is 415 g/mol. The first-order chi connectivity index (χ1) is 14.6. The topological polar surface area (TPSA) is 106 Å². The molecule has 0 saturated carbocycles. The summed E-state index contributed by atoms with van der Waals surface area (Å²) in [4.78, 5) is 25.6. The van der Waals surface area contributed by atoms with Gasteiger partial charge in [-0.1, -0.05) is 48.5 Å². The fourth-order valence-corrected chi connectivity index (χ4v) is 3.28. The van der Waals surface area contributed by atoms with Gasteiger partial charge in [-0.15, -0.1) is 0 Å². The summed E-state index contributed by atoms with van der Waals surface area (Å²) < 4.78 is 17.1. The summed E-state index contributed by atoms with van der Waals surface area (Å²) in [5.74, 6) is -0.784. The maximum absolute atomic E-state index is 12.9. The number of aliphatic hydroxyl groups excluding tert-OH is 1. The smallest absolute Gasteiger partial charge is 0.413 e. The van der Waals surface area contributed by atoms with Crippen molar-refractivity contribution in [3.63, 3.8) is 0 Å². The largest absolute Gasteiger partial charge is 0.486 e. The number of nitrogens with zero attached hydrogens (tertiary/aromatic N) is 1. The molecule has 0 bridgehead atoms. The van der Waals surface area contributed by atoms with Crippen molar-refractivity contribution in [1.82, 2.24) is 4.90 Å². The molecule has 0 aromatic heterocycles. The van der Waals surface area contributed by atoms with E-state index in [1.165, 1.54) is 0 Å². The zero-order valence-corrected chi connectivity index (χ0v) is 16.4. The average molecular weight is 415 g/mol. The molecule has 1 aliphatic rings. The van der Waals surface area contributed by atoms with Crippen LogP contribution in [0.1, 0.15) is 18.4 Å². The minimum atomic E-state index is -1.53. The van der Waals surface area contributed by atoms with E-state index < -0.39 is 37.0 Å². The van der Waals surface area contributed by atoms with Crippen LogP contribution in [0.3, 0.4) is 0 Å². The second-order valence-corrected chi connectivity index (χ2v) is 6.86. The van der Waals surface area contributed by atoms with Gasteiger partial charge in [-0.3, -0.25) is 4.90 Å². The molecule has 3 atom stereocenters. The second kappa shape index (κ2) is 10.6. The van der Waals surface area contributed by atoms with Crippen molar-refractivity contribution in [2.75, 3.05) is 13.2 Å². The first-order valence-corrected chi connectivity index (χ1v) is 9.76. The Morgan fingerprint density at radius 1 is 1.10 bits per heavy atom. The Balaban J connectivity index is 1.81. The number of aliphatic carboxylic acids is 1. The number of hydrogen-bond donors (Lipinski definition) is 2. The third-order valence-electron chi connectivity index (χ3n) is 4.75. The lowest BCUT2D eigenvalue weighted by Crippen LogP contribution is -2.59. The highest BCUT2D eigenvalue weighted by Gasteiger charge is 2.43. The summed E-state index contributed by atoms with van der Waals surface area (Å²) in [6.07, 6.45) is -1.28. The van der Waals surface area contributed by atoms with E-state index in [1.807, 2.05) is 36.4 Å². The number of aliphatic hydroxyl groups is 1. The molecule has 0 aliphatic carbocycles. The predicted octanol–water partition coefficient (Wildman–Crippen LogP) is 2.65. The number of hydrogen-bond acceptors (Lipinski definition) is 6. The molecule has 2 N–H and O–H groups in total. The number of carboxylic acids is 1.